The summed E-state index contributed by atoms with van der Waals surface area (Å²) in [6, 6.07) is 5.18. The Morgan fingerprint density at radius 1 is 1.18 bits per heavy atom. The van der Waals surface area contributed by atoms with Gasteiger partial charge in [0, 0.05) is 42.2 Å². The van der Waals surface area contributed by atoms with E-state index in [4.69, 9.17) is 0 Å². The van der Waals surface area contributed by atoms with Gasteiger partial charge in [-0.3, -0.25) is 4.79 Å². The van der Waals surface area contributed by atoms with Gasteiger partial charge in [-0.25, -0.2) is 19.6 Å². The summed E-state index contributed by atoms with van der Waals surface area (Å²) in [5.74, 6) is -0.820. The zero-order chi connectivity index (χ0) is 23.0. The van der Waals surface area contributed by atoms with Gasteiger partial charge >= 0.3 is 6.18 Å². The van der Waals surface area contributed by atoms with E-state index in [0.717, 1.165) is 29.5 Å². The molecule has 33 heavy (non-hydrogen) atoms. The molecule has 0 spiro atoms. The van der Waals surface area contributed by atoms with Crippen molar-refractivity contribution in [2.45, 2.75) is 43.8 Å². The van der Waals surface area contributed by atoms with Crippen molar-refractivity contribution in [3.05, 3.63) is 54.9 Å². The zero-order valence-corrected chi connectivity index (χ0v) is 17.4. The van der Waals surface area contributed by atoms with E-state index in [1.807, 2.05) is 6.07 Å². The Kier molecular flexibility index (Phi) is 5.31. The number of aromatic amines is 1. The summed E-state index contributed by atoms with van der Waals surface area (Å²) in [4.78, 5) is 28.4. The lowest BCUT2D eigenvalue weighted by atomic mass is 9.94. The molecule has 0 radical (unpaired) electrons. The van der Waals surface area contributed by atoms with Crippen LogP contribution in [0.25, 0.3) is 28.1 Å². The van der Waals surface area contributed by atoms with Gasteiger partial charge in [0.05, 0.1) is 18.4 Å². The number of carbonyl (C=O) groups is 1. The van der Waals surface area contributed by atoms with E-state index in [2.05, 4.69) is 30.4 Å². The lowest BCUT2D eigenvalue weighted by molar-refractivity contribution is -0.138. The molecule has 1 atom stereocenters. The predicted octanol–water partition coefficient (Wildman–Crippen LogP) is 3.91. The van der Waals surface area contributed by atoms with E-state index < -0.39 is 24.4 Å². The Balaban J connectivity index is 1.37. The standard InChI is InChI=1S/C22H20F3N7O/c23-22(24,25)7-5-17(21(33)31-15-2-3-15)13-1-4-18(27-9-13)32-11-14(10-30-32)16-6-8-26-20-19(16)28-12-29-20/h1,4,6,8-12,15,17H,2-3,5,7H2,(H,31,33)(H,26,28,29). The number of alkyl halides is 3. The molecule has 11 heteroatoms. The molecule has 8 nitrogen and oxygen atoms in total. The van der Waals surface area contributed by atoms with Crippen LogP contribution in [0.5, 0.6) is 0 Å². The number of hydrogen-bond acceptors (Lipinski definition) is 5. The summed E-state index contributed by atoms with van der Waals surface area (Å²) < 4.78 is 40.0. The molecule has 5 rings (SSSR count). The third kappa shape index (κ3) is 4.71. The van der Waals surface area contributed by atoms with E-state index in [1.165, 1.54) is 6.20 Å². The number of halogens is 3. The SMILES string of the molecule is O=C(NC1CC1)C(CCC(F)(F)F)c1ccc(-n2cc(-c3ccnc4[nH]cnc34)cn2)nc1. The van der Waals surface area contributed by atoms with Crippen LogP contribution < -0.4 is 5.32 Å². The number of pyridine rings is 2. The van der Waals surface area contributed by atoms with Crippen molar-refractivity contribution in [3.63, 3.8) is 0 Å². The van der Waals surface area contributed by atoms with E-state index in [1.54, 1.807) is 41.7 Å². The van der Waals surface area contributed by atoms with Crippen LogP contribution in [0.1, 0.15) is 37.2 Å². The third-order valence-corrected chi connectivity index (χ3v) is 5.58. The molecule has 1 saturated carbocycles. The molecule has 4 aromatic rings. The van der Waals surface area contributed by atoms with Gasteiger partial charge < -0.3 is 10.3 Å². The maximum absolute atomic E-state index is 12.8. The second kappa shape index (κ2) is 8.30. The first kappa shape index (κ1) is 21.1. The van der Waals surface area contributed by atoms with Gasteiger partial charge in [0.2, 0.25) is 5.91 Å². The third-order valence-electron chi connectivity index (χ3n) is 5.58. The number of aromatic nitrogens is 6. The smallest absolute Gasteiger partial charge is 0.353 e. The predicted molar refractivity (Wildman–Crippen MR) is 113 cm³/mol. The average molecular weight is 455 g/mol. The molecule has 4 aromatic heterocycles. The van der Waals surface area contributed by atoms with E-state index >= 15 is 0 Å². The Bertz CT molecular complexity index is 1280. The average Bonchev–Trinajstić information content (AvgIpc) is 3.26. The Labute approximate surface area is 186 Å². The lowest BCUT2D eigenvalue weighted by Gasteiger charge is -2.18. The van der Waals surface area contributed by atoms with E-state index in [0.29, 0.717) is 17.0 Å². The number of hydrogen-bond donors (Lipinski definition) is 2. The minimum Gasteiger partial charge on any atom is -0.353 e. The van der Waals surface area contributed by atoms with Crippen molar-refractivity contribution in [3.8, 4) is 16.9 Å². The number of fused-ring (bicyclic) bond motifs is 1. The number of amides is 1. The molecule has 0 bridgehead atoms. The summed E-state index contributed by atoms with van der Waals surface area (Å²) >= 11 is 0. The summed E-state index contributed by atoms with van der Waals surface area (Å²) in [5, 5.41) is 7.15. The molecule has 1 unspecified atom stereocenters. The summed E-state index contributed by atoms with van der Waals surface area (Å²) in [6.07, 6.45) is 4.18. The van der Waals surface area contributed by atoms with Crippen LogP contribution in [0, 0.1) is 0 Å². The quantitative estimate of drug-likeness (QED) is 0.440. The number of rotatable bonds is 7. The maximum Gasteiger partial charge on any atom is 0.389 e. The van der Waals surface area contributed by atoms with Gasteiger partial charge in [-0.15, -0.1) is 0 Å². The number of carbonyl (C=O) groups excluding carboxylic acids is 1. The lowest BCUT2D eigenvalue weighted by Crippen LogP contribution is -2.32. The topological polar surface area (TPSA) is 101 Å². The van der Waals surface area contributed by atoms with Crippen LogP contribution in [-0.2, 0) is 4.79 Å². The van der Waals surface area contributed by atoms with Crippen molar-refractivity contribution in [2.24, 2.45) is 0 Å². The summed E-state index contributed by atoms with van der Waals surface area (Å²) in [5.41, 5.74) is 3.49. The minimum atomic E-state index is -4.33. The second-order valence-electron chi connectivity index (χ2n) is 8.07. The fourth-order valence-corrected chi connectivity index (χ4v) is 3.69. The van der Waals surface area contributed by atoms with Crippen molar-refractivity contribution in [2.75, 3.05) is 0 Å². The fraction of sp³-hybridized carbons (Fsp3) is 0.318. The van der Waals surface area contributed by atoms with Crippen molar-refractivity contribution >= 4 is 17.1 Å². The normalized spacial score (nSPS) is 15.0. The van der Waals surface area contributed by atoms with Gasteiger partial charge in [0.15, 0.2) is 11.5 Å². The Morgan fingerprint density at radius 3 is 2.76 bits per heavy atom. The van der Waals surface area contributed by atoms with Crippen molar-refractivity contribution < 1.29 is 18.0 Å². The highest BCUT2D eigenvalue weighted by Gasteiger charge is 2.33. The molecule has 1 aliphatic rings. The molecule has 170 valence electrons. The number of imidazole rings is 1. The van der Waals surface area contributed by atoms with Crippen LogP contribution >= 0.6 is 0 Å². The molecule has 4 heterocycles. The molecule has 1 amide bonds. The highest BCUT2D eigenvalue weighted by molar-refractivity contribution is 5.89. The van der Waals surface area contributed by atoms with Crippen LogP contribution in [-0.4, -0.2) is 47.8 Å². The van der Waals surface area contributed by atoms with E-state index in [9.17, 15) is 18.0 Å². The number of nitrogens with one attached hydrogen (secondary N) is 2. The molecule has 0 aromatic carbocycles. The van der Waals surface area contributed by atoms with Gasteiger partial charge in [0.1, 0.15) is 5.52 Å². The highest BCUT2D eigenvalue weighted by Crippen LogP contribution is 2.31. The van der Waals surface area contributed by atoms with Gasteiger partial charge in [0.25, 0.3) is 0 Å². The molecule has 1 fully saturated rings. The van der Waals surface area contributed by atoms with Crippen LogP contribution in [0.3, 0.4) is 0 Å². The zero-order valence-electron chi connectivity index (χ0n) is 17.4. The number of nitrogens with zero attached hydrogens (tertiary/aromatic N) is 5. The number of H-pyrrole nitrogens is 1. The van der Waals surface area contributed by atoms with Gasteiger partial charge in [-0.2, -0.15) is 18.3 Å². The Morgan fingerprint density at radius 2 is 2.03 bits per heavy atom. The molecule has 1 aliphatic carbocycles. The molecular weight excluding hydrogens is 435 g/mol. The van der Waals surface area contributed by atoms with Gasteiger partial charge in [-0.05, 0) is 37.0 Å². The monoisotopic (exact) mass is 455 g/mol. The first-order valence-electron chi connectivity index (χ1n) is 10.5. The second-order valence-corrected chi connectivity index (χ2v) is 8.07. The maximum atomic E-state index is 12.8. The van der Waals surface area contributed by atoms with Crippen molar-refractivity contribution in [1.82, 2.24) is 35.0 Å². The molecule has 2 N–H and O–H groups in total. The first-order chi connectivity index (χ1) is 15.9. The molecule has 0 saturated heterocycles. The largest absolute Gasteiger partial charge is 0.389 e. The first-order valence-corrected chi connectivity index (χ1v) is 10.5. The highest BCUT2D eigenvalue weighted by atomic mass is 19.4. The van der Waals surface area contributed by atoms with Gasteiger partial charge in [-0.1, -0.05) is 6.07 Å². The molecule has 0 aliphatic heterocycles. The van der Waals surface area contributed by atoms with Crippen LogP contribution in [0.15, 0.2) is 49.3 Å². The van der Waals surface area contributed by atoms with Crippen molar-refractivity contribution in [1.29, 1.82) is 0 Å². The summed E-state index contributed by atoms with van der Waals surface area (Å²) in [6.45, 7) is 0. The fourth-order valence-electron chi connectivity index (χ4n) is 3.69. The summed E-state index contributed by atoms with van der Waals surface area (Å²) in [7, 11) is 0. The van der Waals surface area contributed by atoms with Crippen LogP contribution in [0.4, 0.5) is 13.2 Å². The molecular formula is C22H20F3N7O. The van der Waals surface area contributed by atoms with Crippen LogP contribution in [0.2, 0.25) is 0 Å². The van der Waals surface area contributed by atoms with E-state index in [-0.39, 0.29) is 12.5 Å². The minimum absolute atomic E-state index is 0.0646. The Hall–Kier alpha value is -3.76.